The third-order valence-corrected chi connectivity index (χ3v) is 8.86. The number of nitrogens with zero attached hydrogens (tertiary/aromatic N) is 1. The highest BCUT2D eigenvalue weighted by molar-refractivity contribution is 5.85. The normalized spacial score (nSPS) is 28.3. The highest BCUT2D eigenvalue weighted by atomic mass is 16.5. The zero-order chi connectivity index (χ0) is 24.1. The molecule has 1 unspecified atom stereocenters. The Hall–Kier alpha value is -2.54. The molecule has 4 heterocycles. The number of hydrogen-bond acceptors (Lipinski definition) is 5. The molecule has 1 aromatic heterocycles. The van der Waals surface area contributed by atoms with E-state index in [0.717, 1.165) is 56.8 Å². The first-order valence-electron chi connectivity index (χ1n) is 13.1. The van der Waals surface area contributed by atoms with Crippen LogP contribution in [0, 0.1) is 11.8 Å². The quantitative estimate of drug-likeness (QED) is 0.511. The van der Waals surface area contributed by atoms with Crippen molar-refractivity contribution in [3.05, 3.63) is 58.8 Å². The lowest BCUT2D eigenvalue weighted by Crippen LogP contribution is -2.54. The standard InChI is InChI=1S/C29H37N3O3/c1-4-17-16-32-12-10-18-13-25(34-2)26(35-3)15-21(18)28(32)29(33)22(17)14-24-27-20(9-11-30-24)19-7-5-6-8-23(19)31-27/h5-8,13,15,17,22,24,28-31,33H,4,9-12,14,16H2,1-3H3/t17-,22+,24+,28+,29?/m0/s1. The van der Waals surface area contributed by atoms with Crippen LogP contribution in [-0.2, 0) is 12.8 Å². The fourth-order valence-corrected chi connectivity index (χ4v) is 7.08. The summed E-state index contributed by atoms with van der Waals surface area (Å²) < 4.78 is 11.2. The molecule has 35 heavy (non-hydrogen) atoms. The Labute approximate surface area is 207 Å². The minimum atomic E-state index is -0.428. The number of aromatic amines is 1. The van der Waals surface area contributed by atoms with Crippen molar-refractivity contribution in [3.8, 4) is 11.5 Å². The van der Waals surface area contributed by atoms with Gasteiger partial charge in [-0.1, -0.05) is 31.5 Å². The van der Waals surface area contributed by atoms with Gasteiger partial charge in [0, 0.05) is 35.7 Å². The van der Waals surface area contributed by atoms with Crippen molar-refractivity contribution in [3.63, 3.8) is 0 Å². The number of aliphatic hydroxyl groups excluding tert-OH is 1. The van der Waals surface area contributed by atoms with E-state index >= 15 is 0 Å². The Kier molecular flexibility index (Phi) is 5.99. The third-order valence-electron chi connectivity index (χ3n) is 8.86. The van der Waals surface area contributed by atoms with Gasteiger partial charge in [-0.3, -0.25) is 4.90 Å². The predicted molar refractivity (Wildman–Crippen MR) is 138 cm³/mol. The molecule has 0 saturated carbocycles. The molecule has 3 aromatic rings. The van der Waals surface area contributed by atoms with Gasteiger partial charge in [0.1, 0.15) is 0 Å². The number of nitrogens with one attached hydrogen (secondary N) is 2. The highest BCUT2D eigenvalue weighted by Crippen LogP contribution is 2.47. The van der Waals surface area contributed by atoms with E-state index in [1.54, 1.807) is 14.2 Å². The largest absolute Gasteiger partial charge is 0.493 e. The van der Waals surface area contributed by atoms with Crippen LogP contribution in [0.15, 0.2) is 36.4 Å². The van der Waals surface area contributed by atoms with Crippen LogP contribution in [0.1, 0.15) is 54.2 Å². The number of benzene rings is 2. The number of aromatic nitrogens is 1. The maximum absolute atomic E-state index is 12.0. The molecule has 6 nitrogen and oxygen atoms in total. The van der Waals surface area contributed by atoms with Crippen molar-refractivity contribution in [2.45, 2.75) is 50.8 Å². The molecular weight excluding hydrogens is 438 g/mol. The van der Waals surface area contributed by atoms with E-state index in [-0.39, 0.29) is 18.0 Å². The van der Waals surface area contributed by atoms with Gasteiger partial charge >= 0.3 is 0 Å². The summed E-state index contributed by atoms with van der Waals surface area (Å²) in [6.45, 7) is 5.26. The van der Waals surface area contributed by atoms with Crippen molar-refractivity contribution in [2.24, 2.45) is 11.8 Å². The lowest BCUT2D eigenvalue weighted by molar-refractivity contribution is -0.0740. The molecule has 6 heteroatoms. The van der Waals surface area contributed by atoms with Gasteiger partial charge in [-0.2, -0.15) is 0 Å². The second-order valence-electron chi connectivity index (χ2n) is 10.5. The van der Waals surface area contributed by atoms with Crippen molar-refractivity contribution >= 4 is 10.9 Å². The Bertz CT molecular complexity index is 1220. The van der Waals surface area contributed by atoms with Gasteiger partial charge < -0.3 is 24.9 Å². The summed E-state index contributed by atoms with van der Waals surface area (Å²) in [5, 5.41) is 17.1. The summed E-state index contributed by atoms with van der Waals surface area (Å²) in [5.41, 5.74) is 6.45. The lowest BCUT2D eigenvalue weighted by Gasteiger charge is -2.51. The Balaban J connectivity index is 1.34. The lowest BCUT2D eigenvalue weighted by atomic mass is 9.71. The number of rotatable bonds is 5. The summed E-state index contributed by atoms with van der Waals surface area (Å²) in [5.74, 6) is 2.20. The van der Waals surface area contributed by atoms with Crippen molar-refractivity contribution < 1.29 is 14.6 Å². The molecule has 3 N–H and O–H groups in total. The molecule has 0 amide bonds. The van der Waals surface area contributed by atoms with E-state index < -0.39 is 6.10 Å². The minimum Gasteiger partial charge on any atom is -0.493 e. The van der Waals surface area contributed by atoms with Crippen LogP contribution in [0.25, 0.3) is 10.9 Å². The van der Waals surface area contributed by atoms with E-state index in [1.807, 2.05) is 0 Å². The van der Waals surface area contributed by atoms with E-state index in [0.29, 0.717) is 5.92 Å². The first kappa shape index (κ1) is 22.9. The number of piperidine rings is 1. The molecule has 0 aliphatic carbocycles. The number of aliphatic hydroxyl groups is 1. The average molecular weight is 476 g/mol. The first-order chi connectivity index (χ1) is 17.1. The number of para-hydroxylation sites is 1. The van der Waals surface area contributed by atoms with Crippen LogP contribution in [-0.4, -0.2) is 54.9 Å². The van der Waals surface area contributed by atoms with Crippen molar-refractivity contribution in [1.29, 1.82) is 0 Å². The molecule has 3 aliphatic rings. The molecule has 5 atom stereocenters. The monoisotopic (exact) mass is 475 g/mol. The fraction of sp³-hybridized carbons (Fsp3) is 0.517. The first-order valence-corrected chi connectivity index (χ1v) is 13.1. The Morgan fingerprint density at radius 2 is 1.89 bits per heavy atom. The summed E-state index contributed by atoms with van der Waals surface area (Å²) in [7, 11) is 3.37. The molecule has 3 aliphatic heterocycles. The molecule has 0 bridgehead atoms. The molecule has 186 valence electrons. The van der Waals surface area contributed by atoms with Gasteiger partial charge in [0.2, 0.25) is 0 Å². The van der Waals surface area contributed by atoms with E-state index in [9.17, 15) is 5.11 Å². The van der Waals surface area contributed by atoms with Crippen molar-refractivity contribution in [2.75, 3.05) is 33.9 Å². The van der Waals surface area contributed by atoms with Gasteiger partial charge in [0.15, 0.2) is 11.5 Å². The second-order valence-corrected chi connectivity index (χ2v) is 10.5. The van der Waals surface area contributed by atoms with Crippen LogP contribution in [0.5, 0.6) is 11.5 Å². The number of H-pyrrole nitrogens is 1. The highest BCUT2D eigenvalue weighted by Gasteiger charge is 2.46. The maximum Gasteiger partial charge on any atom is 0.161 e. The van der Waals surface area contributed by atoms with Crippen molar-refractivity contribution in [1.82, 2.24) is 15.2 Å². The van der Waals surface area contributed by atoms with Crippen LogP contribution < -0.4 is 14.8 Å². The third kappa shape index (κ3) is 3.74. The van der Waals surface area contributed by atoms with Crippen LogP contribution in [0.4, 0.5) is 0 Å². The molecule has 2 aromatic carbocycles. The zero-order valence-electron chi connectivity index (χ0n) is 21.0. The SMILES string of the molecule is CC[C@H]1CN2CCc3cc(OC)c(OC)cc3[C@@H]2C(O)[C@@H]1C[C@H]1NCCc2c1[nH]c1ccccc21. The van der Waals surface area contributed by atoms with Gasteiger partial charge in [-0.05, 0) is 72.5 Å². The van der Waals surface area contributed by atoms with Gasteiger partial charge in [0.25, 0.3) is 0 Å². The second kappa shape index (κ2) is 9.16. The average Bonchev–Trinajstić information content (AvgIpc) is 3.28. The van der Waals surface area contributed by atoms with E-state index in [2.05, 4.69) is 58.5 Å². The molecule has 1 saturated heterocycles. The fourth-order valence-electron chi connectivity index (χ4n) is 7.08. The molecule has 6 rings (SSSR count). The van der Waals surface area contributed by atoms with Gasteiger partial charge in [-0.15, -0.1) is 0 Å². The number of ether oxygens (including phenoxy) is 2. The van der Waals surface area contributed by atoms with Crippen LogP contribution >= 0.6 is 0 Å². The topological polar surface area (TPSA) is 69.8 Å². The molecule has 0 spiro atoms. The maximum atomic E-state index is 12.0. The van der Waals surface area contributed by atoms with Crippen LogP contribution in [0.2, 0.25) is 0 Å². The number of fused-ring (bicyclic) bond motifs is 6. The zero-order valence-corrected chi connectivity index (χ0v) is 21.0. The Morgan fingerprint density at radius 3 is 2.69 bits per heavy atom. The number of hydrogen-bond donors (Lipinski definition) is 3. The molecule has 0 radical (unpaired) electrons. The summed E-state index contributed by atoms with van der Waals surface area (Å²) in [6, 6.07) is 13.1. The van der Waals surface area contributed by atoms with E-state index in [1.165, 1.54) is 33.3 Å². The Morgan fingerprint density at radius 1 is 1.09 bits per heavy atom. The summed E-state index contributed by atoms with van der Waals surface area (Å²) in [4.78, 5) is 6.22. The van der Waals surface area contributed by atoms with Gasteiger partial charge in [0.05, 0.1) is 26.4 Å². The minimum absolute atomic E-state index is 0.00266. The molecular formula is C29H37N3O3. The summed E-state index contributed by atoms with van der Waals surface area (Å²) in [6.07, 6.45) is 3.61. The van der Waals surface area contributed by atoms with Crippen LogP contribution in [0.3, 0.4) is 0 Å². The predicted octanol–water partition coefficient (Wildman–Crippen LogP) is 4.38. The van der Waals surface area contributed by atoms with E-state index in [4.69, 9.17) is 9.47 Å². The molecule has 1 fully saturated rings. The summed E-state index contributed by atoms with van der Waals surface area (Å²) >= 11 is 0. The van der Waals surface area contributed by atoms with Gasteiger partial charge in [-0.25, -0.2) is 0 Å². The smallest absolute Gasteiger partial charge is 0.161 e. The number of methoxy groups -OCH3 is 2.